The van der Waals surface area contributed by atoms with Gasteiger partial charge in [0.1, 0.15) is 0 Å². The van der Waals surface area contributed by atoms with Crippen LogP contribution in [0.5, 0.6) is 0 Å². The molecule has 2 aromatic rings. The van der Waals surface area contributed by atoms with Crippen molar-refractivity contribution < 1.29 is 0 Å². The van der Waals surface area contributed by atoms with E-state index in [9.17, 15) is 0 Å². The quantitative estimate of drug-likeness (QED) is 0.901. The molecule has 108 valence electrons. The molecule has 5 nitrogen and oxygen atoms in total. The van der Waals surface area contributed by atoms with Crippen LogP contribution in [0.15, 0.2) is 12.3 Å². The standard InChI is InChI=1S/C15H23N5/c1-10(2)14-9-17-15-13(8-11(3)19-20(14)15)18-12-4-6-16-7-5-12/h8-10,12,16,18H,4-7H2,1-3H3. The van der Waals surface area contributed by atoms with E-state index in [4.69, 9.17) is 0 Å². The van der Waals surface area contributed by atoms with Crippen LogP contribution in [0.2, 0.25) is 0 Å². The molecule has 0 aliphatic carbocycles. The smallest absolute Gasteiger partial charge is 0.177 e. The summed E-state index contributed by atoms with van der Waals surface area (Å²) in [6.07, 6.45) is 4.26. The first-order valence-electron chi connectivity index (χ1n) is 7.47. The van der Waals surface area contributed by atoms with Gasteiger partial charge in [0.15, 0.2) is 5.65 Å². The van der Waals surface area contributed by atoms with Crippen LogP contribution in [0.3, 0.4) is 0 Å². The lowest BCUT2D eigenvalue weighted by Crippen LogP contribution is -2.35. The highest BCUT2D eigenvalue weighted by molar-refractivity contribution is 5.68. The summed E-state index contributed by atoms with van der Waals surface area (Å²) in [7, 11) is 0. The number of anilines is 1. The number of aryl methyl sites for hydroxylation is 1. The Morgan fingerprint density at radius 3 is 2.80 bits per heavy atom. The summed E-state index contributed by atoms with van der Waals surface area (Å²) in [6, 6.07) is 2.63. The molecule has 3 heterocycles. The number of nitrogens with one attached hydrogen (secondary N) is 2. The molecule has 0 atom stereocenters. The van der Waals surface area contributed by atoms with E-state index in [1.165, 1.54) is 0 Å². The van der Waals surface area contributed by atoms with Crippen molar-refractivity contribution in [3.8, 4) is 0 Å². The van der Waals surface area contributed by atoms with Crippen LogP contribution in [0.4, 0.5) is 5.69 Å². The number of hydrogen-bond acceptors (Lipinski definition) is 4. The van der Waals surface area contributed by atoms with Gasteiger partial charge in [-0.2, -0.15) is 5.10 Å². The molecule has 0 amide bonds. The van der Waals surface area contributed by atoms with E-state index < -0.39 is 0 Å². The number of nitrogens with zero attached hydrogens (tertiary/aromatic N) is 3. The van der Waals surface area contributed by atoms with Gasteiger partial charge in [-0.05, 0) is 44.8 Å². The number of rotatable bonds is 3. The Bertz CT molecular complexity index is 596. The monoisotopic (exact) mass is 273 g/mol. The zero-order valence-electron chi connectivity index (χ0n) is 12.5. The third-order valence-electron chi connectivity index (χ3n) is 3.91. The molecule has 1 aliphatic rings. The molecule has 0 unspecified atom stereocenters. The highest BCUT2D eigenvalue weighted by Crippen LogP contribution is 2.23. The summed E-state index contributed by atoms with van der Waals surface area (Å²) in [5.74, 6) is 0.422. The van der Waals surface area contributed by atoms with E-state index in [0.717, 1.165) is 48.7 Å². The Morgan fingerprint density at radius 1 is 1.35 bits per heavy atom. The molecule has 3 rings (SSSR count). The van der Waals surface area contributed by atoms with Gasteiger partial charge < -0.3 is 10.6 Å². The van der Waals surface area contributed by atoms with Crippen LogP contribution >= 0.6 is 0 Å². The van der Waals surface area contributed by atoms with Crippen LogP contribution in [0.1, 0.15) is 44.0 Å². The summed E-state index contributed by atoms with van der Waals surface area (Å²) in [5, 5.41) is 11.7. The van der Waals surface area contributed by atoms with E-state index in [0.29, 0.717) is 12.0 Å². The summed E-state index contributed by atoms with van der Waals surface area (Å²) in [5.41, 5.74) is 4.24. The fourth-order valence-corrected chi connectivity index (χ4v) is 2.79. The van der Waals surface area contributed by atoms with Gasteiger partial charge in [0.2, 0.25) is 0 Å². The van der Waals surface area contributed by atoms with E-state index in [1.54, 1.807) is 0 Å². The zero-order valence-corrected chi connectivity index (χ0v) is 12.5. The van der Waals surface area contributed by atoms with Crippen molar-refractivity contribution in [2.75, 3.05) is 18.4 Å². The maximum Gasteiger partial charge on any atom is 0.177 e. The second-order valence-corrected chi connectivity index (χ2v) is 5.94. The van der Waals surface area contributed by atoms with E-state index in [1.807, 2.05) is 17.6 Å². The van der Waals surface area contributed by atoms with Crippen molar-refractivity contribution in [2.24, 2.45) is 0 Å². The van der Waals surface area contributed by atoms with Crippen LogP contribution in [0.25, 0.3) is 5.65 Å². The van der Waals surface area contributed by atoms with Crippen LogP contribution in [-0.4, -0.2) is 33.7 Å². The van der Waals surface area contributed by atoms with Crippen molar-refractivity contribution in [1.29, 1.82) is 0 Å². The highest BCUT2D eigenvalue weighted by Gasteiger charge is 2.17. The molecule has 5 heteroatoms. The summed E-state index contributed by atoms with van der Waals surface area (Å²) in [4.78, 5) is 4.57. The molecular weight excluding hydrogens is 250 g/mol. The second kappa shape index (κ2) is 5.40. The number of piperidine rings is 1. The molecule has 1 aliphatic heterocycles. The zero-order chi connectivity index (χ0) is 14.1. The third-order valence-corrected chi connectivity index (χ3v) is 3.91. The van der Waals surface area contributed by atoms with Crippen LogP contribution in [0, 0.1) is 6.92 Å². The lowest BCUT2D eigenvalue weighted by Gasteiger charge is -2.25. The predicted octanol–water partition coefficient (Wildman–Crippen LogP) is 2.33. The minimum atomic E-state index is 0.422. The van der Waals surface area contributed by atoms with Crippen molar-refractivity contribution in [3.05, 3.63) is 23.7 Å². The van der Waals surface area contributed by atoms with Gasteiger partial charge in [0.05, 0.1) is 23.3 Å². The molecule has 20 heavy (non-hydrogen) atoms. The predicted molar refractivity (Wildman–Crippen MR) is 81.3 cm³/mol. The lowest BCUT2D eigenvalue weighted by atomic mass is 10.1. The van der Waals surface area contributed by atoms with Gasteiger partial charge in [0, 0.05) is 6.04 Å². The Balaban J connectivity index is 1.97. The molecular formula is C15H23N5. The van der Waals surface area contributed by atoms with Gasteiger partial charge in [-0.3, -0.25) is 0 Å². The summed E-state index contributed by atoms with van der Waals surface area (Å²) >= 11 is 0. The highest BCUT2D eigenvalue weighted by atomic mass is 15.3. The van der Waals surface area contributed by atoms with Gasteiger partial charge in [0.25, 0.3) is 0 Å². The van der Waals surface area contributed by atoms with Crippen LogP contribution in [-0.2, 0) is 0 Å². The molecule has 0 bridgehead atoms. The van der Waals surface area contributed by atoms with E-state index >= 15 is 0 Å². The minimum absolute atomic E-state index is 0.422. The molecule has 2 aromatic heterocycles. The molecule has 1 saturated heterocycles. The topological polar surface area (TPSA) is 54.2 Å². The number of aromatic nitrogens is 3. The molecule has 0 spiro atoms. The van der Waals surface area contributed by atoms with Crippen LogP contribution < -0.4 is 10.6 Å². The van der Waals surface area contributed by atoms with Gasteiger partial charge in [-0.1, -0.05) is 13.8 Å². The Labute approximate surface area is 119 Å². The largest absolute Gasteiger partial charge is 0.379 e. The molecule has 1 fully saturated rings. The Hall–Kier alpha value is -1.62. The second-order valence-electron chi connectivity index (χ2n) is 5.94. The first kappa shape index (κ1) is 13.4. The maximum atomic E-state index is 4.61. The summed E-state index contributed by atoms with van der Waals surface area (Å²) in [6.45, 7) is 8.56. The number of fused-ring (bicyclic) bond motifs is 1. The van der Waals surface area contributed by atoms with Crippen molar-refractivity contribution >= 4 is 11.3 Å². The molecule has 0 radical (unpaired) electrons. The Kier molecular flexibility index (Phi) is 3.61. The third kappa shape index (κ3) is 2.50. The maximum absolute atomic E-state index is 4.61. The Morgan fingerprint density at radius 2 is 2.10 bits per heavy atom. The van der Waals surface area contributed by atoms with Gasteiger partial charge in [-0.15, -0.1) is 0 Å². The molecule has 0 saturated carbocycles. The first-order valence-corrected chi connectivity index (χ1v) is 7.47. The number of hydrogen-bond donors (Lipinski definition) is 2. The normalized spacial score (nSPS) is 17.0. The SMILES string of the molecule is Cc1cc(NC2CCNCC2)c2ncc(C(C)C)n2n1. The minimum Gasteiger partial charge on any atom is -0.379 e. The average Bonchev–Trinajstić information content (AvgIpc) is 2.83. The van der Waals surface area contributed by atoms with Crippen molar-refractivity contribution in [2.45, 2.75) is 45.6 Å². The molecule has 0 aromatic carbocycles. The summed E-state index contributed by atoms with van der Waals surface area (Å²) < 4.78 is 1.99. The van der Waals surface area contributed by atoms with E-state index in [2.05, 4.69) is 40.6 Å². The van der Waals surface area contributed by atoms with Crippen molar-refractivity contribution in [1.82, 2.24) is 19.9 Å². The fourth-order valence-electron chi connectivity index (χ4n) is 2.79. The molecule has 2 N–H and O–H groups in total. The van der Waals surface area contributed by atoms with Gasteiger partial charge >= 0.3 is 0 Å². The van der Waals surface area contributed by atoms with E-state index in [-0.39, 0.29) is 0 Å². The number of imidazole rings is 1. The lowest BCUT2D eigenvalue weighted by molar-refractivity contribution is 0.479. The van der Waals surface area contributed by atoms with Crippen molar-refractivity contribution in [3.63, 3.8) is 0 Å². The van der Waals surface area contributed by atoms with Gasteiger partial charge in [-0.25, -0.2) is 9.50 Å². The first-order chi connectivity index (χ1) is 9.65. The fraction of sp³-hybridized carbons (Fsp3) is 0.600. The average molecular weight is 273 g/mol.